The van der Waals surface area contributed by atoms with E-state index in [1.807, 2.05) is 12.1 Å². The number of benzene rings is 1. The van der Waals surface area contributed by atoms with Crippen LogP contribution in [0.25, 0.3) is 0 Å². The van der Waals surface area contributed by atoms with Crippen LogP contribution < -0.4 is 10.1 Å². The number of halogens is 1. The monoisotopic (exact) mass is 442 g/mol. The van der Waals surface area contributed by atoms with Crippen molar-refractivity contribution in [3.63, 3.8) is 0 Å². The lowest BCUT2D eigenvalue weighted by Gasteiger charge is -2.30. The van der Waals surface area contributed by atoms with Crippen LogP contribution in [-0.2, 0) is 14.8 Å². The number of hydrogen-bond donors (Lipinski definition) is 1. The summed E-state index contributed by atoms with van der Waals surface area (Å²) in [6.07, 6.45) is 8.74. The lowest BCUT2D eigenvalue weighted by molar-refractivity contribution is -0.123. The number of hydrogen-bond acceptors (Lipinski definition) is 4. The zero-order chi connectivity index (χ0) is 20.9. The molecule has 0 spiro atoms. The number of ether oxygens (including phenoxy) is 1. The second kappa shape index (κ2) is 10.1. The fraction of sp³-hybridized carbons (Fsp3) is 0.667. The van der Waals surface area contributed by atoms with Crippen molar-refractivity contribution in [2.75, 3.05) is 32.5 Å². The lowest BCUT2D eigenvalue weighted by Crippen LogP contribution is -2.41. The van der Waals surface area contributed by atoms with Crippen LogP contribution in [-0.4, -0.2) is 51.1 Å². The molecule has 0 bridgehead atoms. The number of nitrogens with one attached hydrogen (secondary N) is 1. The molecule has 0 radical (unpaired) electrons. The first kappa shape index (κ1) is 22.4. The molecule has 1 aliphatic heterocycles. The molecule has 6 nitrogen and oxygen atoms in total. The molecule has 3 rings (SSSR count). The van der Waals surface area contributed by atoms with E-state index in [0.717, 1.165) is 37.0 Å². The Labute approximate surface area is 179 Å². The summed E-state index contributed by atoms with van der Waals surface area (Å²) in [5.41, 5.74) is 1.11. The Hall–Kier alpha value is -1.31. The molecule has 1 saturated heterocycles. The van der Waals surface area contributed by atoms with Gasteiger partial charge in [0.05, 0.1) is 6.26 Å². The summed E-state index contributed by atoms with van der Waals surface area (Å²) in [5, 5.41) is 3.63. The van der Waals surface area contributed by atoms with Crippen molar-refractivity contribution in [2.45, 2.75) is 50.9 Å². The maximum Gasteiger partial charge on any atom is 0.257 e. The van der Waals surface area contributed by atoms with Crippen LogP contribution in [0.5, 0.6) is 5.75 Å². The molecule has 1 aliphatic carbocycles. The van der Waals surface area contributed by atoms with E-state index in [1.54, 1.807) is 6.07 Å². The summed E-state index contributed by atoms with van der Waals surface area (Å²) >= 11 is 6.20. The maximum atomic E-state index is 12.3. The number of amides is 1. The van der Waals surface area contributed by atoms with Gasteiger partial charge in [-0.15, -0.1) is 0 Å². The van der Waals surface area contributed by atoms with Gasteiger partial charge in [-0.25, -0.2) is 12.7 Å². The first-order valence-electron chi connectivity index (χ1n) is 10.5. The number of sulfonamides is 1. The SMILES string of the molecule is CS(=O)(=O)N1CCC(CNC(=O)COc2ccc(Cl)cc2C2CCCCC2)CC1. The van der Waals surface area contributed by atoms with Crippen LogP contribution in [0.4, 0.5) is 0 Å². The molecule has 0 aromatic heterocycles. The van der Waals surface area contributed by atoms with Crippen molar-refractivity contribution in [3.05, 3.63) is 28.8 Å². The zero-order valence-electron chi connectivity index (χ0n) is 17.0. The van der Waals surface area contributed by atoms with Gasteiger partial charge in [0.15, 0.2) is 6.61 Å². The Balaban J connectivity index is 1.46. The third-order valence-corrected chi connectivity index (χ3v) is 7.54. The van der Waals surface area contributed by atoms with Gasteiger partial charge in [0.2, 0.25) is 10.0 Å². The molecular formula is C21H31ClN2O4S. The van der Waals surface area contributed by atoms with Crippen molar-refractivity contribution in [1.82, 2.24) is 9.62 Å². The summed E-state index contributed by atoms with van der Waals surface area (Å²) < 4.78 is 30.5. The van der Waals surface area contributed by atoms with E-state index < -0.39 is 10.0 Å². The molecule has 2 aliphatic rings. The quantitative estimate of drug-likeness (QED) is 0.700. The minimum Gasteiger partial charge on any atom is -0.483 e. The normalized spacial score (nSPS) is 19.8. The van der Waals surface area contributed by atoms with Crippen LogP contribution in [0.2, 0.25) is 5.02 Å². The molecule has 1 aromatic carbocycles. The van der Waals surface area contributed by atoms with Gasteiger partial charge in [-0.2, -0.15) is 0 Å². The van der Waals surface area contributed by atoms with Gasteiger partial charge in [0, 0.05) is 24.7 Å². The number of carbonyl (C=O) groups excluding carboxylic acids is 1. The van der Waals surface area contributed by atoms with Crippen LogP contribution >= 0.6 is 11.6 Å². The highest BCUT2D eigenvalue weighted by atomic mass is 35.5. The van der Waals surface area contributed by atoms with Crippen molar-refractivity contribution in [2.24, 2.45) is 5.92 Å². The third kappa shape index (κ3) is 6.59. The topological polar surface area (TPSA) is 75.7 Å². The number of carbonyl (C=O) groups is 1. The molecular weight excluding hydrogens is 412 g/mol. The first-order valence-corrected chi connectivity index (χ1v) is 12.7. The maximum absolute atomic E-state index is 12.3. The molecule has 1 heterocycles. The van der Waals surface area contributed by atoms with Crippen molar-refractivity contribution >= 4 is 27.5 Å². The zero-order valence-corrected chi connectivity index (χ0v) is 18.6. The summed E-state index contributed by atoms with van der Waals surface area (Å²) in [6.45, 7) is 1.57. The van der Waals surface area contributed by atoms with Crippen LogP contribution in [0.3, 0.4) is 0 Å². The van der Waals surface area contributed by atoms with Gasteiger partial charge in [-0.05, 0) is 61.3 Å². The van der Waals surface area contributed by atoms with E-state index in [4.69, 9.17) is 16.3 Å². The molecule has 1 aromatic rings. The highest BCUT2D eigenvalue weighted by Gasteiger charge is 2.25. The summed E-state index contributed by atoms with van der Waals surface area (Å²) in [6, 6.07) is 5.64. The number of piperidine rings is 1. The highest BCUT2D eigenvalue weighted by molar-refractivity contribution is 7.88. The standard InChI is InChI=1S/C21H31ClN2O4S/c1-29(26,27)24-11-9-16(10-12-24)14-23-21(25)15-28-20-8-7-18(22)13-19(20)17-5-3-2-4-6-17/h7-8,13,16-17H,2-6,9-12,14-15H2,1H3,(H,23,25). The smallest absolute Gasteiger partial charge is 0.257 e. The fourth-order valence-corrected chi connectivity index (χ4v) is 5.34. The van der Waals surface area contributed by atoms with E-state index in [0.29, 0.717) is 36.5 Å². The van der Waals surface area contributed by atoms with Gasteiger partial charge < -0.3 is 10.1 Å². The second-order valence-corrected chi connectivity index (χ2v) is 10.6. The Kier molecular flexibility index (Phi) is 7.82. The molecule has 8 heteroatoms. The Bertz CT molecular complexity index is 801. The first-order chi connectivity index (χ1) is 13.8. The summed E-state index contributed by atoms with van der Waals surface area (Å²) in [5.74, 6) is 1.34. The minimum atomic E-state index is -3.12. The predicted molar refractivity (Wildman–Crippen MR) is 115 cm³/mol. The van der Waals surface area contributed by atoms with E-state index in [9.17, 15) is 13.2 Å². The van der Waals surface area contributed by atoms with Gasteiger partial charge in [0.1, 0.15) is 5.75 Å². The number of rotatable bonds is 7. The average Bonchev–Trinajstić information content (AvgIpc) is 2.71. The van der Waals surface area contributed by atoms with E-state index in [1.165, 1.54) is 29.8 Å². The Morgan fingerprint density at radius 3 is 2.52 bits per heavy atom. The molecule has 0 atom stereocenters. The van der Waals surface area contributed by atoms with Gasteiger partial charge in [0.25, 0.3) is 5.91 Å². The van der Waals surface area contributed by atoms with E-state index >= 15 is 0 Å². The van der Waals surface area contributed by atoms with Gasteiger partial charge in [-0.3, -0.25) is 4.79 Å². The lowest BCUT2D eigenvalue weighted by atomic mass is 9.84. The largest absolute Gasteiger partial charge is 0.483 e. The van der Waals surface area contributed by atoms with E-state index in [2.05, 4.69) is 5.32 Å². The molecule has 29 heavy (non-hydrogen) atoms. The molecule has 0 unspecified atom stereocenters. The molecule has 1 amide bonds. The van der Waals surface area contributed by atoms with Gasteiger partial charge in [-0.1, -0.05) is 30.9 Å². The Morgan fingerprint density at radius 1 is 1.17 bits per heavy atom. The number of nitrogens with zero attached hydrogens (tertiary/aromatic N) is 1. The summed E-state index contributed by atoms with van der Waals surface area (Å²) in [7, 11) is -3.12. The van der Waals surface area contributed by atoms with Crippen molar-refractivity contribution < 1.29 is 17.9 Å². The summed E-state index contributed by atoms with van der Waals surface area (Å²) in [4.78, 5) is 12.3. The van der Waals surface area contributed by atoms with E-state index in [-0.39, 0.29) is 12.5 Å². The van der Waals surface area contributed by atoms with Crippen LogP contribution in [0.1, 0.15) is 56.4 Å². The van der Waals surface area contributed by atoms with Crippen LogP contribution in [0.15, 0.2) is 18.2 Å². The fourth-order valence-electron chi connectivity index (χ4n) is 4.28. The second-order valence-electron chi connectivity index (χ2n) is 8.22. The molecule has 162 valence electrons. The minimum absolute atomic E-state index is 0.0243. The highest BCUT2D eigenvalue weighted by Crippen LogP contribution is 2.38. The van der Waals surface area contributed by atoms with Gasteiger partial charge >= 0.3 is 0 Å². The Morgan fingerprint density at radius 2 is 1.86 bits per heavy atom. The predicted octanol–water partition coefficient (Wildman–Crippen LogP) is 3.55. The molecule has 1 N–H and O–H groups in total. The molecule has 1 saturated carbocycles. The third-order valence-electron chi connectivity index (χ3n) is 6.01. The van der Waals surface area contributed by atoms with Crippen molar-refractivity contribution in [3.8, 4) is 5.75 Å². The molecule has 2 fully saturated rings. The average molecular weight is 443 g/mol. The van der Waals surface area contributed by atoms with Crippen LogP contribution in [0, 0.1) is 5.92 Å². The van der Waals surface area contributed by atoms with Crippen molar-refractivity contribution in [1.29, 1.82) is 0 Å².